The third kappa shape index (κ3) is 8.58. The van der Waals surface area contributed by atoms with Crippen molar-refractivity contribution < 1.29 is 9.59 Å². The maximum absolute atomic E-state index is 14.0. The van der Waals surface area contributed by atoms with Crippen molar-refractivity contribution >= 4 is 17.5 Å². The number of rotatable bonds is 10. The summed E-state index contributed by atoms with van der Waals surface area (Å²) in [5, 5.41) is 6.23. The van der Waals surface area contributed by atoms with Crippen LogP contribution in [0.15, 0.2) is 78.9 Å². The summed E-state index contributed by atoms with van der Waals surface area (Å²) in [5.41, 5.74) is 4.38. The monoisotopic (exact) mass is 512 g/mol. The number of amides is 2. The third-order valence-electron chi connectivity index (χ3n) is 6.40. The van der Waals surface area contributed by atoms with Crippen molar-refractivity contribution in [3.63, 3.8) is 0 Å². The number of carbonyl (C=O) groups excluding carboxylic acids is 2. The lowest BCUT2D eigenvalue weighted by molar-refractivity contribution is -0.128. The average molecular weight is 513 g/mol. The van der Waals surface area contributed by atoms with E-state index < -0.39 is 17.4 Å². The number of benzene rings is 3. The van der Waals surface area contributed by atoms with Gasteiger partial charge in [0.1, 0.15) is 0 Å². The highest BCUT2D eigenvalue weighted by Gasteiger charge is 2.37. The summed E-state index contributed by atoms with van der Waals surface area (Å²) >= 11 is 0. The van der Waals surface area contributed by atoms with E-state index in [0.717, 1.165) is 24.0 Å². The van der Waals surface area contributed by atoms with Gasteiger partial charge in [0, 0.05) is 11.2 Å². The summed E-state index contributed by atoms with van der Waals surface area (Å²) in [6.07, 6.45) is 1.93. The molecule has 3 aromatic carbocycles. The van der Waals surface area contributed by atoms with Crippen molar-refractivity contribution in [3.8, 4) is 0 Å². The van der Waals surface area contributed by atoms with Crippen LogP contribution in [0.2, 0.25) is 0 Å². The molecule has 0 aromatic heterocycles. The van der Waals surface area contributed by atoms with Crippen molar-refractivity contribution in [2.24, 2.45) is 11.8 Å². The number of para-hydroxylation sites is 1. The van der Waals surface area contributed by atoms with E-state index in [-0.39, 0.29) is 11.8 Å². The molecule has 0 heterocycles. The molecule has 0 bridgehead atoms. The molecule has 38 heavy (non-hydrogen) atoms. The molecule has 0 fully saturated rings. The molecule has 0 saturated carbocycles. The van der Waals surface area contributed by atoms with Gasteiger partial charge in [0.2, 0.25) is 11.8 Å². The first-order valence-electron chi connectivity index (χ1n) is 13.8. The van der Waals surface area contributed by atoms with E-state index in [2.05, 4.69) is 62.6 Å². The van der Waals surface area contributed by atoms with Gasteiger partial charge in [0.15, 0.2) is 0 Å². The first-order chi connectivity index (χ1) is 17.9. The number of hydrogen-bond donors (Lipinski definition) is 2. The van der Waals surface area contributed by atoms with E-state index in [1.54, 1.807) is 0 Å². The Morgan fingerprint density at radius 1 is 0.632 bits per heavy atom. The molecule has 4 nitrogen and oxygen atoms in total. The SMILES string of the molecule is CC(C)Cc1ccc(C(C(=O)Nc2ccccc2)C(C(=O)NC(C)(C)C)c2ccc(CC(C)C)cc2)cc1. The zero-order chi connectivity index (χ0) is 27.9. The Bertz CT molecular complexity index is 1170. The van der Waals surface area contributed by atoms with Gasteiger partial charge in [0.05, 0.1) is 11.8 Å². The smallest absolute Gasteiger partial charge is 0.233 e. The Balaban J connectivity index is 2.10. The molecule has 2 atom stereocenters. The van der Waals surface area contributed by atoms with Crippen LogP contribution < -0.4 is 10.6 Å². The fourth-order valence-corrected chi connectivity index (χ4v) is 4.84. The Morgan fingerprint density at radius 3 is 1.45 bits per heavy atom. The maximum Gasteiger partial charge on any atom is 0.233 e. The topological polar surface area (TPSA) is 58.2 Å². The van der Waals surface area contributed by atoms with E-state index in [1.807, 2.05) is 75.4 Å². The second kappa shape index (κ2) is 12.9. The van der Waals surface area contributed by atoms with E-state index in [4.69, 9.17) is 0 Å². The second-order valence-electron chi connectivity index (χ2n) is 12.2. The number of hydrogen-bond acceptors (Lipinski definition) is 2. The molecule has 202 valence electrons. The quantitative estimate of drug-likeness (QED) is 0.295. The molecule has 2 N–H and O–H groups in total. The molecule has 3 rings (SSSR count). The van der Waals surface area contributed by atoms with Crippen LogP contribution in [-0.4, -0.2) is 17.4 Å². The molecular formula is C34H44N2O2. The molecule has 0 aliphatic carbocycles. The van der Waals surface area contributed by atoms with E-state index >= 15 is 0 Å². The van der Waals surface area contributed by atoms with Crippen molar-refractivity contribution in [1.82, 2.24) is 5.32 Å². The van der Waals surface area contributed by atoms with Gasteiger partial charge in [-0.25, -0.2) is 0 Å². The van der Waals surface area contributed by atoms with Crippen molar-refractivity contribution in [1.29, 1.82) is 0 Å². The van der Waals surface area contributed by atoms with Gasteiger partial charge in [-0.05, 0) is 79.8 Å². The summed E-state index contributed by atoms with van der Waals surface area (Å²) < 4.78 is 0. The highest BCUT2D eigenvalue weighted by atomic mass is 16.2. The lowest BCUT2D eigenvalue weighted by Gasteiger charge is -2.30. The van der Waals surface area contributed by atoms with Gasteiger partial charge >= 0.3 is 0 Å². The maximum atomic E-state index is 14.0. The van der Waals surface area contributed by atoms with Crippen molar-refractivity contribution in [3.05, 3.63) is 101 Å². The molecule has 0 radical (unpaired) electrons. The van der Waals surface area contributed by atoms with Crippen molar-refractivity contribution in [2.45, 2.75) is 78.7 Å². The zero-order valence-electron chi connectivity index (χ0n) is 24.0. The minimum absolute atomic E-state index is 0.159. The fourth-order valence-electron chi connectivity index (χ4n) is 4.84. The minimum atomic E-state index is -0.707. The first kappa shape index (κ1) is 29.2. The number of carbonyl (C=O) groups is 2. The molecular weight excluding hydrogens is 468 g/mol. The third-order valence-corrected chi connectivity index (χ3v) is 6.40. The largest absolute Gasteiger partial charge is 0.351 e. The summed E-state index contributed by atoms with van der Waals surface area (Å²) in [4.78, 5) is 27.9. The van der Waals surface area contributed by atoms with E-state index in [9.17, 15) is 9.59 Å². The van der Waals surface area contributed by atoms with E-state index in [1.165, 1.54) is 11.1 Å². The fraction of sp³-hybridized carbons (Fsp3) is 0.412. The minimum Gasteiger partial charge on any atom is -0.351 e. The van der Waals surface area contributed by atoms with Crippen LogP contribution in [0.25, 0.3) is 0 Å². The number of nitrogens with one attached hydrogen (secondary N) is 2. The van der Waals surface area contributed by atoms with Crippen molar-refractivity contribution in [2.75, 3.05) is 5.32 Å². The van der Waals surface area contributed by atoms with Crippen LogP contribution in [-0.2, 0) is 22.4 Å². The molecule has 0 aliphatic heterocycles. The summed E-state index contributed by atoms with van der Waals surface area (Å²) in [7, 11) is 0. The first-order valence-corrected chi connectivity index (χ1v) is 13.8. The molecule has 0 saturated heterocycles. The summed E-state index contributed by atoms with van der Waals surface area (Å²) in [6.45, 7) is 14.7. The Kier molecular flexibility index (Phi) is 9.90. The van der Waals surface area contributed by atoms with Crippen LogP contribution in [0.3, 0.4) is 0 Å². The van der Waals surface area contributed by atoms with Crippen LogP contribution in [0.5, 0.6) is 0 Å². The molecule has 0 spiro atoms. The van der Waals surface area contributed by atoms with E-state index in [0.29, 0.717) is 17.5 Å². The summed E-state index contributed by atoms with van der Waals surface area (Å²) in [6, 6.07) is 25.8. The molecule has 2 amide bonds. The Labute approximate surface area is 229 Å². The Morgan fingerprint density at radius 2 is 1.05 bits per heavy atom. The predicted molar refractivity (Wildman–Crippen MR) is 158 cm³/mol. The standard InChI is InChI=1S/C34H44N2O2/c1-23(2)21-25-13-17-27(18-14-25)30(32(37)35-29-11-9-8-10-12-29)31(33(38)36-34(5,6)7)28-19-15-26(16-20-28)22-24(3)4/h8-20,23-24,30-31H,21-22H2,1-7H3,(H,35,37)(H,36,38). The highest BCUT2D eigenvalue weighted by Crippen LogP contribution is 2.36. The van der Waals surface area contributed by atoms with Crippen LogP contribution in [0.1, 0.15) is 82.6 Å². The Hall–Kier alpha value is -3.40. The van der Waals surface area contributed by atoms with Gasteiger partial charge < -0.3 is 10.6 Å². The zero-order valence-corrected chi connectivity index (χ0v) is 24.0. The van der Waals surface area contributed by atoms with Gasteiger partial charge in [-0.15, -0.1) is 0 Å². The number of anilines is 1. The highest BCUT2D eigenvalue weighted by molar-refractivity contribution is 6.01. The van der Waals surface area contributed by atoms with Crippen LogP contribution in [0, 0.1) is 11.8 Å². The van der Waals surface area contributed by atoms with Gasteiger partial charge in [0.25, 0.3) is 0 Å². The lowest BCUT2D eigenvalue weighted by Crippen LogP contribution is -2.45. The van der Waals surface area contributed by atoms with Gasteiger partial charge in [-0.3, -0.25) is 9.59 Å². The molecule has 2 unspecified atom stereocenters. The average Bonchev–Trinajstić information content (AvgIpc) is 2.82. The van der Waals surface area contributed by atoms with Crippen LogP contribution in [0.4, 0.5) is 5.69 Å². The molecule has 0 aliphatic rings. The molecule has 4 heteroatoms. The van der Waals surface area contributed by atoms with Crippen LogP contribution >= 0.6 is 0 Å². The molecule has 3 aromatic rings. The van der Waals surface area contributed by atoms with Gasteiger partial charge in [-0.2, -0.15) is 0 Å². The normalized spacial score (nSPS) is 13.3. The second-order valence-corrected chi connectivity index (χ2v) is 12.2. The lowest BCUT2D eigenvalue weighted by atomic mass is 9.79. The van der Waals surface area contributed by atoms with Gasteiger partial charge in [-0.1, -0.05) is 94.4 Å². The summed E-state index contributed by atoms with van der Waals surface area (Å²) in [5.74, 6) is -0.687. The predicted octanol–water partition coefficient (Wildman–Crippen LogP) is 7.50.